The first-order valence-electron chi connectivity index (χ1n) is 7.68. The molecule has 1 aliphatic carbocycles. The predicted molar refractivity (Wildman–Crippen MR) is 90.0 cm³/mol. The summed E-state index contributed by atoms with van der Waals surface area (Å²) in [5.74, 6) is 0.934. The number of nitrogens with one attached hydrogen (secondary N) is 1. The molecule has 0 spiro atoms. The van der Waals surface area contributed by atoms with Crippen molar-refractivity contribution in [3.63, 3.8) is 0 Å². The van der Waals surface area contributed by atoms with Gasteiger partial charge >= 0.3 is 0 Å². The SMILES string of the molecule is CC(NC(=O)C1CCCC(N)C1)c1cc2ccccc2o1.Cl. The van der Waals surface area contributed by atoms with Crippen LogP contribution in [0.1, 0.15) is 44.4 Å². The minimum Gasteiger partial charge on any atom is -0.459 e. The summed E-state index contributed by atoms with van der Waals surface area (Å²) in [5, 5.41) is 4.12. The third kappa shape index (κ3) is 3.62. The van der Waals surface area contributed by atoms with Gasteiger partial charge in [0.25, 0.3) is 0 Å². The third-order valence-electron chi connectivity index (χ3n) is 4.32. The maximum absolute atomic E-state index is 12.3. The van der Waals surface area contributed by atoms with Crippen molar-refractivity contribution in [2.24, 2.45) is 11.7 Å². The van der Waals surface area contributed by atoms with Crippen LogP contribution in [0.5, 0.6) is 0 Å². The number of fused-ring (bicyclic) bond motifs is 1. The van der Waals surface area contributed by atoms with E-state index in [9.17, 15) is 4.79 Å². The summed E-state index contributed by atoms with van der Waals surface area (Å²) < 4.78 is 5.80. The zero-order chi connectivity index (χ0) is 14.8. The van der Waals surface area contributed by atoms with Crippen LogP contribution in [0.25, 0.3) is 11.0 Å². The fourth-order valence-electron chi connectivity index (χ4n) is 3.08. The average molecular weight is 323 g/mol. The molecule has 5 heteroatoms. The highest BCUT2D eigenvalue weighted by Crippen LogP contribution is 2.26. The first kappa shape index (κ1) is 16.8. The van der Waals surface area contributed by atoms with Gasteiger partial charge in [0.15, 0.2) is 0 Å². The monoisotopic (exact) mass is 322 g/mol. The van der Waals surface area contributed by atoms with Gasteiger partial charge in [-0.05, 0) is 38.3 Å². The summed E-state index contributed by atoms with van der Waals surface area (Å²) in [6.07, 6.45) is 3.80. The van der Waals surface area contributed by atoms with Gasteiger partial charge in [-0.25, -0.2) is 0 Å². The van der Waals surface area contributed by atoms with E-state index in [1.165, 1.54) is 0 Å². The molecule has 1 heterocycles. The van der Waals surface area contributed by atoms with Gasteiger partial charge in [-0.15, -0.1) is 12.4 Å². The number of nitrogens with two attached hydrogens (primary N) is 1. The standard InChI is InChI=1S/C17H22N2O2.ClH/c1-11(16-10-12-5-2-3-8-15(12)21-16)19-17(20)13-6-4-7-14(18)9-13;/h2-3,5,8,10-11,13-14H,4,6-7,9,18H2,1H3,(H,19,20);1H. The molecule has 0 saturated heterocycles. The lowest BCUT2D eigenvalue weighted by atomic mass is 9.85. The quantitative estimate of drug-likeness (QED) is 0.908. The van der Waals surface area contributed by atoms with Crippen LogP contribution in [0.15, 0.2) is 34.7 Å². The minimum atomic E-state index is -0.122. The van der Waals surface area contributed by atoms with Crippen LogP contribution in [0.3, 0.4) is 0 Å². The van der Waals surface area contributed by atoms with Crippen LogP contribution < -0.4 is 11.1 Å². The number of carbonyl (C=O) groups excluding carboxylic acids is 1. The van der Waals surface area contributed by atoms with Crippen molar-refractivity contribution < 1.29 is 9.21 Å². The first-order valence-corrected chi connectivity index (χ1v) is 7.68. The number of rotatable bonds is 3. The molecule has 3 atom stereocenters. The number of halogens is 1. The van der Waals surface area contributed by atoms with Crippen LogP contribution in [-0.2, 0) is 4.79 Å². The lowest BCUT2D eigenvalue weighted by Crippen LogP contribution is -2.38. The highest BCUT2D eigenvalue weighted by Gasteiger charge is 2.26. The Morgan fingerprint density at radius 2 is 2.14 bits per heavy atom. The van der Waals surface area contributed by atoms with E-state index in [0.29, 0.717) is 0 Å². The summed E-state index contributed by atoms with van der Waals surface area (Å²) in [6, 6.07) is 9.91. The van der Waals surface area contributed by atoms with E-state index >= 15 is 0 Å². The Bertz CT molecular complexity index is 607. The summed E-state index contributed by atoms with van der Waals surface area (Å²) in [5.41, 5.74) is 6.81. The maximum atomic E-state index is 12.3. The molecule has 1 amide bonds. The summed E-state index contributed by atoms with van der Waals surface area (Å²) in [7, 11) is 0. The molecule has 0 bridgehead atoms. The molecule has 4 nitrogen and oxygen atoms in total. The second-order valence-corrected chi connectivity index (χ2v) is 6.04. The Hall–Kier alpha value is -1.52. The van der Waals surface area contributed by atoms with Gasteiger partial charge in [0.05, 0.1) is 6.04 Å². The third-order valence-corrected chi connectivity index (χ3v) is 4.32. The number of amides is 1. The lowest BCUT2D eigenvalue weighted by molar-refractivity contribution is -0.126. The molecular weight excluding hydrogens is 300 g/mol. The molecule has 0 aliphatic heterocycles. The van der Waals surface area contributed by atoms with Crippen molar-refractivity contribution in [3.8, 4) is 0 Å². The number of hydrogen-bond acceptors (Lipinski definition) is 3. The van der Waals surface area contributed by atoms with Gasteiger partial charge in [0.2, 0.25) is 5.91 Å². The molecule has 1 saturated carbocycles. The predicted octanol–water partition coefficient (Wildman–Crippen LogP) is 3.55. The number of para-hydroxylation sites is 1. The van der Waals surface area contributed by atoms with E-state index in [1.54, 1.807) is 0 Å². The van der Waals surface area contributed by atoms with Crippen LogP contribution in [0, 0.1) is 5.92 Å². The van der Waals surface area contributed by atoms with Crippen LogP contribution in [-0.4, -0.2) is 11.9 Å². The number of carbonyl (C=O) groups is 1. The molecule has 1 aromatic heterocycles. The van der Waals surface area contributed by atoms with Crippen LogP contribution in [0.2, 0.25) is 0 Å². The first-order chi connectivity index (χ1) is 10.1. The smallest absolute Gasteiger partial charge is 0.223 e. The minimum absolute atomic E-state index is 0. The van der Waals surface area contributed by atoms with Crippen molar-refractivity contribution in [2.75, 3.05) is 0 Å². The van der Waals surface area contributed by atoms with Gasteiger partial charge in [0.1, 0.15) is 11.3 Å². The summed E-state index contributed by atoms with van der Waals surface area (Å²) >= 11 is 0. The van der Waals surface area contributed by atoms with E-state index in [2.05, 4.69) is 5.32 Å². The van der Waals surface area contributed by atoms with Gasteiger partial charge in [-0.3, -0.25) is 4.79 Å². The molecule has 3 rings (SSSR count). The zero-order valence-corrected chi connectivity index (χ0v) is 13.6. The van der Waals surface area contributed by atoms with E-state index in [-0.39, 0.29) is 36.3 Å². The fraction of sp³-hybridized carbons (Fsp3) is 0.471. The van der Waals surface area contributed by atoms with E-state index in [0.717, 1.165) is 42.4 Å². The van der Waals surface area contributed by atoms with Gasteiger partial charge in [-0.2, -0.15) is 0 Å². The molecule has 2 aromatic rings. The summed E-state index contributed by atoms with van der Waals surface area (Å²) in [4.78, 5) is 12.3. The second kappa shape index (κ2) is 7.16. The molecule has 1 aliphatic rings. The average Bonchev–Trinajstić information content (AvgIpc) is 2.91. The van der Waals surface area contributed by atoms with E-state index in [1.807, 2.05) is 37.3 Å². The Morgan fingerprint density at radius 3 is 2.86 bits per heavy atom. The van der Waals surface area contributed by atoms with Gasteiger partial charge < -0.3 is 15.5 Å². The van der Waals surface area contributed by atoms with Crippen LogP contribution >= 0.6 is 12.4 Å². The molecule has 120 valence electrons. The van der Waals surface area contributed by atoms with E-state index < -0.39 is 0 Å². The summed E-state index contributed by atoms with van der Waals surface area (Å²) in [6.45, 7) is 1.96. The van der Waals surface area contributed by atoms with Gasteiger partial charge in [-0.1, -0.05) is 24.6 Å². The highest BCUT2D eigenvalue weighted by atomic mass is 35.5. The van der Waals surface area contributed by atoms with E-state index in [4.69, 9.17) is 10.2 Å². The molecule has 1 fully saturated rings. The molecule has 0 radical (unpaired) electrons. The van der Waals surface area contributed by atoms with Crippen LogP contribution in [0.4, 0.5) is 0 Å². The Morgan fingerprint density at radius 1 is 1.36 bits per heavy atom. The maximum Gasteiger partial charge on any atom is 0.223 e. The Labute approximate surface area is 136 Å². The second-order valence-electron chi connectivity index (χ2n) is 6.04. The molecule has 3 N–H and O–H groups in total. The molecule has 1 aromatic carbocycles. The lowest BCUT2D eigenvalue weighted by Gasteiger charge is -2.26. The fourth-order valence-corrected chi connectivity index (χ4v) is 3.08. The van der Waals surface area contributed by atoms with Crippen molar-refractivity contribution in [2.45, 2.75) is 44.7 Å². The van der Waals surface area contributed by atoms with Crippen molar-refractivity contribution in [1.29, 1.82) is 0 Å². The number of hydrogen-bond donors (Lipinski definition) is 2. The van der Waals surface area contributed by atoms with Gasteiger partial charge in [0, 0.05) is 17.3 Å². The highest BCUT2D eigenvalue weighted by molar-refractivity contribution is 5.85. The number of benzene rings is 1. The zero-order valence-electron chi connectivity index (χ0n) is 12.7. The van der Waals surface area contributed by atoms with Crippen molar-refractivity contribution in [1.82, 2.24) is 5.32 Å². The Kier molecular flexibility index (Phi) is 5.48. The largest absolute Gasteiger partial charge is 0.459 e. The normalized spacial score (nSPS) is 22.8. The molecule has 3 unspecified atom stereocenters. The number of furan rings is 1. The van der Waals surface area contributed by atoms with Crippen molar-refractivity contribution in [3.05, 3.63) is 36.1 Å². The van der Waals surface area contributed by atoms with Crippen molar-refractivity contribution >= 4 is 29.3 Å². The Balaban J connectivity index is 0.00000176. The molecule has 22 heavy (non-hydrogen) atoms. The molecular formula is C17H23ClN2O2. The topological polar surface area (TPSA) is 68.3 Å².